The van der Waals surface area contributed by atoms with E-state index in [2.05, 4.69) is 30.3 Å². The highest BCUT2D eigenvalue weighted by atomic mass is 16.5. The smallest absolute Gasteiger partial charge is 0.0700 e. The molecule has 2 heteroatoms. The van der Waals surface area contributed by atoms with Crippen molar-refractivity contribution in [3.05, 3.63) is 35.9 Å². The topological polar surface area (TPSA) is 18.5 Å². The molecule has 0 radical (unpaired) electrons. The Morgan fingerprint density at radius 2 is 1.71 bits per heavy atom. The normalized spacial score (nSPS) is 15.1. The quantitative estimate of drug-likeness (QED) is 0.611. The summed E-state index contributed by atoms with van der Waals surface area (Å²) < 4.78 is 11.0. The highest BCUT2D eigenvalue weighted by Crippen LogP contribution is 2.28. The molecule has 0 atom stereocenters. The lowest BCUT2D eigenvalue weighted by Crippen LogP contribution is -2.07. The molecule has 0 unspecified atom stereocenters. The maximum absolute atomic E-state index is 5.53. The fourth-order valence-corrected chi connectivity index (χ4v) is 1.78. The number of hydrogen-bond donors (Lipinski definition) is 0. The van der Waals surface area contributed by atoms with Gasteiger partial charge >= 0.3 is 0 Å². The van der Waals surface area contributed by atoms with E-state index in [1.165, 1.54) is 18.4 Å². The van der Waals surface area contributed by atoms with E-state index in [4.69, 9.17) is 9.47 Å². The number of hydrogen-bond acceptors (Lipinski definition) is 2. The van der Waals surface area contributed by atoms with E-state index < -0.39 is 0 Å². The van der Waals surface area contributed by atoms with Crippen LogP contribution in [-0.4, -0.2) is 26.4 Å². The second-order valence-electron chi connectivity index (χ2n) is 4.72. The zero-order chi connectivity index (χ0) is 11.8. The third-order valence-electron chi connectivity index (χ3n) is 3.02. The molecule has 0 N–H and O–H groups in total. The summed E-state index contributed by atoms with van der Waals surface area (Å²) in [7, 11) is 0. The first-order valence-corrected chi connectivity index (χ1v) is 6.64. The summed E-state index contributed by atoms with van der Waals surface area (Å²) in [6.07, 6.45) is 4.91. The van der Waals surface area contributed by atoms with Crippen LogP contribution in [-0.2, 0) is 15.9 Å². The Hall–Kier alpha value is -0.860. The van der Waals surface area contributed by atoms with Gasteiger partial charge in [0.1, 0.15) is 0 Å². The maximum atomic E-state index is 5.53. The van der Waals surface area contributed by atoms with Crippen molar-refractivity contribution in [3.8, 4) is 0 Å². The third kappa shape index (κ3) is 5.85. The van der Waals surface area contributed by atoms with Crippen molar-refractivity contribution in [2.75, 3.05) is 26.4 Å². The predicted molar refractivity (Wildman–Crippen MR) is 69.1 cm³/mol. The second-order valence-corrected chi connectivity index (χ2v) is 4.72. The molecule has 0 aliphatic heterocycles. The van der Waals surface area contributed by atoms with E-state index >= 15 is 0 Å². The Morgan fingerprint density at radius 3 is 2.47 bits per heavy atom. The van der Waals surface area contributed by atoms with Crippen LogP contribution in [0.3, 0.4) is 0 Å². The summed E-state index contributed by atoms with van der Waals surface area (Å²) in [6, 6.07) is 10.6. The Balaban J connectivity index is 1.38. The number of aryl methyl sites for hydroxylation is 1. The molecule has 2 nitrogen and oxygen atoms in total. The zero-order valence-corrected chi connectivity index (χ0v) is 10.4. The molecule has 0 bridgehead atoms. The Morgan fingerprint density at radius 1 is 0.941 bits per heavy atom. The highest BCUT2D eigenvalue weighted by Gasteiger charge is 2.20. The predicted octanol–water partition coefficient (Wildman–Crippen LogP) is 3.06. The van der Waals surface area contributed by atoms with Crippen molar-refractivity contribution in [2.45, 2.75) is 25.7 Å². The molecular formula is C15H22O2. The van der Waals surface area contributed by atoms with Gasteiger partial charge in [0.05, 0.1) is 13.2 Å². The molecule has 0 spiro atoms. The first-order valence-electron chi connectivity index (χ1n) is 6.64. The average molecular weight is 234 g/mol. The van der Waals surface area contributed by atoms with Gasteiger partial charge in [0.2, 0.25) is 0 Å². The minimum absolute atomic E-state index is 0.738. The molecule has 1 aromatic rings. The fraction of sp³-hybridized carbons (Fsp3) is 0.600. The first kappa shape index (κ1) is 12.6. The van der Waals surface area contributed by atoms with Crippen molar-refractivity contribution in [3.63, 3.8) is 0 Å². The number of ether oxygens (including phenoxy) is 2. The van der Waals surface area contributed by atoms with Gasteiger partial charge in [-0.1, -0.05) is 30.3 Å². The van der Waals surface area contributed by atoms with Crippen LogP contribution in [0, 0.1) is 5.92 Å². The van der Waals surface area contributed by atoms with Crippen molar-refractivity contribution in [1.82, 2.24) is 0 Å². The molecule has 1 aliphatic carbocycles. The standard InChI is InChI=1S/C15H22O2/c1-2-5-14(6-3-1)7-4-10-16-11-12-17-13-15-8-9-15/h1-3,5-6,15H,4,7-13H2. The molecule has 1 aliphatic rings. The summed E-state index contributed by atoms with van der Waals surface area (Å²) in [5.41, 5.74) is 1.39. The van der Waals surface area contributed by atoms with E-state index in [-0.39, 0.29) is 0 Å². The molecule has 1 fully saturated rings. The van der Waals surface area contributed by atoms with Crippen molar-refractivity contribution in [2.24, 2.45) is 5.92 Å². The summed E-state index contributed by atoms with van der Waals surface area (Å²) >= 11 is 0. The molecule has 0 heterocycles. The van der Waals surface area contributed by atoms with Gasteiger partial charge in [0, 0.05) is 13.2 Å². The first-order chi connectivity index (χ1) is 8.45. The summed E-state index contributed by atoms with van der Waals surface area (Å²) in [5.74, 6) is 0.855. The molecule has 17 heavy (non-hydrogen) atoms. The third-order valence-corrected chi connectivity index (χ3v) is 3.02. The molecule has 94 valence electrons. The number of benzene rings is 1. The highest BCUT2D eigenvalue weighted by molar-refractivity contribution is 5.14. The van der Waals surface area contributed by atoms with Gasteiger partial charge in [0.25, 0.3) is 0 Å². The summed E-state index contributed by atoms with van der Waals surface area (Å²) in [5, 5.41) is 0. The lowest BCUT2D eigenvalue weighted by molar-refractivity contribution is 0.0430. The lowest BCUT2D eigenvalue weighted by atomic mass is 10.1. The van der Waals surface area contributed by atoms with E-state index in [0.29, 0.717) is 0 Å². The second kappa shape index (κ2) is 7.46. The molecule has 0 amide bonds. The molecular weight excluding hydrogens is 212 g/mol. The van der Waals surface area contributed by atoms with Gasteiger partial charge in [-0.2, -0.15) is 0 Å². The van der Waals surface area contributed by atoms with Crippen LogP contribution in [0.2, 0.25) is 0 Å². The summed E-state index contributed by atoms with van der Waals surface area (Å²) in [6.45, 7) is 3.26. The van der Waals surface area contributed by atoms with Crippen molar-refractivity contribution >= 4 is 0 Å². The number of rotatable bonds is 9. The molecule has 0 aromatic heterocycles. The molecule has 1 aromatic carbocycles. The molecule has 1 saturated carbocycles. The Labute approximate surface area is 104 Å². The Bertz CT molecular complexity index is 293. The van der Waals surface area contributed by atoms with Gasteiger partial charge in [-0.3, -0.25) is 0 Å². The van der Waals surface area contributed by atoms with Crippen LogP contribution in [0.15, 0.2) is 30.3 Å². The van der Waals surface area contributed by atoms with Crippen LogP contribution >= 0.6 is 0 Å². The average Bonchev–Trinajstić information content (AvgIpc) is 3.18. The molecule has 0 saturated heterocycles. The monoisotopic (exact) mass is 234 g/mol. The van der Waals surface area contributed by atoms with Crippen molar-refractivity contribution < 1.29 is 9.47 Å². The Kier molecular flexibility index (Phi) is 5.53. The van der Waals surface area contributed by atoms with Crippen LogP contribution in [0.5, 0.6) is 0 Å². The van der Waals surface area contributed by atoms with Crippen LogP contribution in [0.25, 0.3) is 0 Å². The van der Waals surface area contributed by atoms with E-state index in [9.17, 15) is 0 Å². The molecule has 2 rings (SSSR count). The largest absolute Gasteiger partial charge is 0.379 e. The van der Waals surface area contributed by atoms with Crippen molar-refractivity contribution in [1.29, 1.82) is 0 Å². The fourth-order valence-electron chi connectivity index (χ4n) is 1.78. The van der Waals surface area contributed by atoms with E-state index in [1.807, 2.05) is 0 Å². The lowest BCUT2D eigenvalue weighted by Gasteiger charge is -2.05. The zero-order valence-electron chi connectivity index (χ0n) is 10.4. The van der Waals surface area contributed by atoms with Gasteiger partial charge in [-0.15, -0.1) is 0 Å². The minimum atomic E-state index is 0.738. The van der Waals surface area contributed by atoms with Crippen LogP contribution in [0.4, 0.5) is 0 Å². The van der Waals surface area contributed by atoms with Gasteiger partial charge in [-0.25, -0.2) is 0 Å². The minimum Gasteiger partial charge on any atom is -0.379 e. The summed E-state index contributed by atoms with van der Waals surface area (Å²) in [4.78, 5) is 0. The van der Waals surface area contributed by atoms with Crippen LogP contribution in [0.1, 0.15) is 24.8 Å². The van der Waals surface area contributed by atoms with Gasteiger partial charge < -0.3 is 9.47 Å². The van der Waals surface area contributed by atoms with Crippen LogP contribution < -0.4 is 0 Å². The van der Waals surface area contributed by atoms with Gasteiger partial charge in [0.15, 0.2) is 0 Å². The SMILES string of the molecule is c1ccc(CCCOCCOCC2CC2)cc1. The van der Waals surface area contributed by atoms with E-state index in [1.54, 1.807) is 0 Å². The van der Waals surface area contributed by atoms with E-state index in [0.717, 1.165) is 45.2 Å². The van der Waals surface area contributed by atoms with Gasteiger partial charge in [-0.05, 0) is 37.2 Å². The maximum Gasteiger partial charge on any atom is 0.0700 e.